The van der Waals surface area contributed by atoms with E-state index in [1.54, 1.807) is 17.9 Å². The number of amides is 1. The number of halogens is 3. The number of hydrogen-bond donors (Lipinski definition) is 1. The lowest BCUT2D eigenvalue weighted by molar-refractivity contribution is -0.154. The van der Waals surface area contributed by atoms with Gasteiger partial charge in [0.15, 0.2) is 12.4 Å². The second kappa shape index (κ2) is 6.93. The van der Waals surface area contributed by atoms with Gasteiger partial charge in [-0.2, -0.15) is 13.2 Å². The number of ether oxygens (including phenoxy) is 2. The first-order valence-electron chi connectivity index (χ1n) is 7.99. The summed E-state index contributed by atoms with van der Waals surface area (Å²) in [4.78, 5) is 22.1. The van der Waals surface area contributed by atoms with Gasteiger partial charge in [0.1, 0.15) is 5.82 Å². The molecule has 10 heteroatoms. The third-order valence-corrected chi connectivity index (χ3v) is 4.29. The predicted molar refractivity (Wildman–Crippen MR) is 89.3 cm³/mol. The molecule has 144 valence electrons. The number of aromatic nitrogens is 2. The molecule has 3 heterocycles. The first kappa shape index (κ1) is 18.7. The number of alkyl halides is 3. The van der Waals surface area contributed by atoms with E-state index in [0.29, 0.717) is 22.5 Å². The maximum Gasteiger partial charge on any atom is 0.422 e. The molecule has 0 spiro atoms. The second-order valence-electron chi connectivity index (χ2n) is 6.01. The molecule has 0 saturated heterocycles. The smallest absolute Gasteiger partial charge is 0.422 e. The summed E-state index contributed by atoms with van der Waals surface area (Å²) in [5.74, 6) is -0.130. The zero-order valence-corrected chi connectivity index (χ0v) is 14.6. The summed E-state index contributed by atoms with van der Waals surface area (Å²) < 4.78 is 46.8. The van der Waals surface area contributed by atoms with Gasteiger partial charge in [-0.1, -0.05) is 0 Å². The molecule has 2 aromatic heterocycles. The summed E-state index contributed by atoms with van der Waals surface area (Å²) in [6, 6.07) is 2.69. The zero-order chi connectivity index (χ0) is 19.8. The molecular formula is C17H17F3N4O3. The molecule has 0 bridgehead atoms. The fourth-order valence-corrected chi connectivity index (χ4v) is 2.85. The number of anilines is 1. The fourth-order valence-electron chi connectivity index (χ4n) is 2.85. The number of nitrogens with two attached hydrogens (primary N) is 1. The van der Waals surface area contributed by atoms with Crippen LogP contribution >= 0.6 is 0 Å². The summed E-state index contributed by atoms with van der Waals surface area (Å²) in [5.41, 5.74) is 7.56. The van der Waals surface area contributed by atoms with Crippen LogP contribution in [0.4, 0.5) is 19.0 Å². The standard InChI is InChI=1S/C17H17F3N4O3/c1-9(24-7-12-11(16(24)25)3-4-22-14(12)21)10-5-13(26-2)15(23-6-10)27-8-17(18,19)20/h3-6,9H,7-8H2,1-2H3,(H2,21,22). The first-order valence-corrected chi connectivity index (χ1v) is 7.99. The van der Waals surface area contributed by atoms with Gasteiger partial charge in [-0.15, -0.1) is 0 Å². The van der Waals surface area contributed by atoms with E-state index in [2.05, 4.69) is 14.7 Å². The Balaban J connectivity index is 1.82. The molecule has 0 fully saturated rings. The van der Waals surface area contributed by atoms with Crippen LogP contribution < -0.4 is 15.2 Å². The van der Waals surface area contributed by atoms with Gasteiger partial charge < -0.3 is 20.1 Å². The van der Waals surface area contributed by atoms with E-state index in [4.69, 9.17) is 10.5 Å². The van der Waals surface area contributed by atoms with E-state index in [0.717, 1.165) is 0 Å². The SMILES string of the molecule is COc1cc(C(C)N2Cc3c(ccnc3N)C2=O)cnc1OCC(F)(F)F. The van der Waals surface area contributed by atoms with Crippen molar-refractivity contribution in [3.8, 4) is 11.6 Å². The van der Waals surface area contributed by atoms with Gasteiger partial charge in [-0.3, -0.25) is 4.79 Å². The summed E-state index contributed by atoms with van der Waals surface area (Å²) in [7, 11) is 1.30. The highest BCUT2D eigenvalue weighted by Crippen LogP contribution is 2.35. The molecule has 2 N–H and O–H groups in total. The summed E-state index contributed by atoms with van der Waals surface area (Å²) in [5, 5.41) is 0. The van der Waals surface area contributed by atoms with Crippen LogP contribution in [0.5, 0.6) is 11.6 Å². The predicted octanol–water partition coefficient (Wildman–Crippen LogP) is 2.73. The van der Waals surface area contributed by atoms with Crippen LogP contribution in [0.3, 0.4) is 0 Å². The molecule has 2 aromatic rings. The molecule has 0 saturated carbocycles. The molecule has 0 aliphatic carbocycles. The average Bonchev–Trinajstić information content (AvgIpc) is 2.97. The summed E-state index contributed by atoms with van der Waals surface area (Å²) >= 11 is 0. The Kier molecular flexibility index (Phi) is 4.81. The number of carbonyl (C=O) groups is 1. The van der Waals surface area contributed by atoms with Gasteiger partial charge in [-0.05, 0) is 24.6 Å². The van der Waals surface area contributed by atoms with Crippen molar-refractivity contribution in [3.63, 3.8) is 0 Å². The third kappa shape index (κ3) is 3.74. The lowest BCUT2D eigenvalue weighted by Gasteiger charge is -2.25. The van der Waals surface area contributed by atoms with Crippen molar-refractivity contribution in [1.29, 1.82) is 0 Å². The average molecular weight is 382 g/mol. The Morgan fingerprint density at radius 2 is 2.11 bits per heavy atom. The second-order valence-corrected chi connectivity index (χ2v) is 6.01. The Labute approximate surface area is 152 Å². The minimum atomic E-state index is -4.49. The van der Waals surface area contributed by atoms with Crippen molar-refractivity contribution in [2.45, 2.75) is 25.7 Å². The maximum atomic E-state index is 12.6. The van der Waals surface area contributed by atoms with E-state index in [9.17, 15) is 18.0 Å². The number of methoxy groups -OCH3 is 1. The number of hydrogen-bond acceptors (Lipinski definition) is 6. The van der Waals surface area contributed by atoms with Crippen molar-refractivity contribution in [2.75, 3.05) is 19.5 Å². The molecule has 3 rings (SSSR count). The molecule has 1 aliphatic heterocycles. The number of fused-ring (bicyclic) bond motifs is 1. The maximum absolute atomic E-state index is 12.6. The number of pyridine rings is 2. The molecular weight excluding hydrogens is 365 g/mol. The molecule has 1 amide bonds. The number of rotatable bonds is 5. The molecule has 27 heavy (non-hydrogen) atoms. The van der Waals surface area contributed by atoms with Crippen LogP contribution in [0.15, 0.2) is 24.5 Å². The van der Waals surface area contributed by atoms with Crippen molar-refractivity contribution in [1.82, 2.24) is 14.9 Å². The topological polar surface area (TPSA) is 90.6 Å². The Hall–Kier alpha value is -3.04. The summed E-state index contributed by atoms with van der Waals surface area (Å²) in [6.45, 7) is 0.585. The number of nitrogens with zero attached hydrogens (tertiary/aromatic N) is 3. The largest absolute Gasteiger partial charge is 0.491 e. The molecule has 0 radical (unpaired) electrons. The van der Waals surface area contributed by atoms with Crippen molar-refractivity contribution in [2.24, 2.45) is 0 Å². The van der Waals surface area contributed by atoms with Crippen molar-refractivity contribution < 1.29 is 27.4 Å². The van der Waals surface area contributed by atoms with Gasteiger partial charge in [0.25, 0.3) is 11.8 Å². The minimum absolute atomic E-state index is 0.0499. The van der Waals surface area contributed by atoms with E-state index < -0.39 is 18.8 Å². The fraction of sp³-hybridized carbons (Fsp3) is 0.353. The molecule has 1 atom stereocenters. The number of carbonyl (C=O) groups excluding carboxylic acids is 1. The van der Waals surface area contributed by atoms with Crippen LogP contribution in [-0.2, 0) is 6.54 Å². The van der Waals surface area contributed by atoms with E-state index in [1.165, 1.54) is 25.6 Å². The lowest BCUT2D eigenvalue weighted by Crippen LogP contribution is -2.27. The summed E-state index contributed by atoms with van der Waals surface area (Å²) in [6.07, 6.45) is -1.66. The highest BCUT2D eigenvalue weighted by molar-refractivity contribution is 5.99. The van der Waals surface area contributed by atoms with Gasteiger partial charge in [-0.25, -0.2) is 9.97 Å². The molecule has 0 aromatic carbocycles. The van der Waals surface area contributed by atoms with Crippen LogP contribution in [-0.4, -0.2) is 40.7 Å². The first-order chi connectivity index (χ1) is 12.7. The Bertz CT molecular complexity index is 873. The van der Waals surface area contributed by atoms with Crippen molar-refractivity contribution >= 4 is 11.7 Å². The van der Waals surface area contributed by atoms with Gasteiger partial charge >= 0.3 is 6.18 Å². The monoisotopic (exact) mass is 382 g/mol. The Morgan fingerprint density at radius 1 is 1.37 bits per heavy atom. The van der Waals surface area contributed by atoms with Gasteiger partial charge in [0.05, 0.1) is 19.7 Å². The minimum Gasteiger partial charge on any atom is -0.491 e. The van der Waals surface area contributed by atoms with Crippen LogP contribution in [0.1, 0.15) is 34.5 Å². The zero-order valence-electron chi connectivity index (χ0n) is 14.6. The van der Waals surface area contributed by atoms with E-state index in [-0.39, 0.29) is 24.1 Å². The van der Waals surface area contributed by atoms with Crippen LogP contribution in [0, 0.1) is 0 Å². The van der Waals surface area contributed by atoms with Crippen molar-refractivity contribution in [3.05, 3.63) is 41.2 Å². The quantitative estimate of drug-likeness (QED) is 0.855. The van der Waals surface area contributed by atoms with Crippen LogP contribution in [0.25, 0.3) is 0 Å². The van der Waals surface area contributed by atoms with E-state index in [1.807, 2.05) is 0 Å². The highest BCUT2D eigenvalue weighted by Gasteiger charge is 2.34. The third-order valence-electron chi connectivity index (χ3n) is 4.29. The highest BCUT2D eigenvalue weighted by atomic mass is 19.4. The van der Waals surface area contributed by atoms with Gasteiger partial charge in [0, 0.05) is 23.5 Å². The number of nitrogen functional groups attached to an aromatic ring is 1. The normalized spacial score (nSPS) is 14.9. The lowest BCUT2D eigenvalue weighted by atomic mass is 10.1. The molecule has 1 unspecified atom stereocenters. The molecule has 7 nitrogen and oxygen atoms in total. The molecule has 1 aliphatic rings. The Morgan fingerprint density at radius 3 is 2.74 bits per heavy atom. The van der Waals surface area contributed by atoms with Gasteiger partial charge in [0.2, 0.25) is 0 Å². The van der Waals surface area contributed by atoms with Crippen LogP contribution in [0.2, 0.25) is 0 Å². The van der Waals surface area contributed by atoms with E-state index >= 15 is 0 Å².